The van der Waals surface area contributed by atoms with Crippen molar-refractivity contribution in [2.75, 3.05) is 4.90 Å². The standard InChI is InChI=1S/C26H20F3N3O2/c27-26(28,29)20-8-6-17(7-9-20)25-19(13-30-31-25)16-34-22-10-11-23-18(12-22)14-32(24(23)15-33)21-4-2-1-3-5-21/h1-13,15,24H,14,16H2,(H,30,31). The van der Waals surface area contributed by atoms with Gasteiger partial charge in [-0.05, 0) is 47.5 Å². The number of aromatic nitrogens is 2. The van der Waals surface area contributed by atoms with Gasteiger partial charge in [0.05, 0.1) is 11.3 Å². The molecule has 0 spiro atoms. The molecule has 1 N–H and O–H groups in total. The molecule has 0 saturated heterocycles. The van der Waals surface area contributed by atoms with Crippen LogP contribution in [0.15, 0.2) is 79.0 Å². The molecule has 0 saturated carbocycles. The van der Waals surface area contributed by atoms with Crippen LogP contribution in [-0.2, 0) is 24.1 Å². The summed E-state index contributed by atoms with van der Waals surface area (Å²) in [5, 5.41) is 6.94. The number of anilines is 1. The van der Waals surface area contributed by atoms with Crippen molar-refractivity contribution >= 4 is 12.0 Å². The molecule has 5 nitrogen and oxygen atoms in total. The highest BCUT2D eigenvalue weighted by Crippen LogP contribution is 2.38. The van der Waals surface area contributed by atoms with Gasteiger partial charge in [-0.25, -0.2) is 0 Å². The topological polar surface area (TPSA) is 58.2 Å². The third-order valence-electron chi connectivity index (χ3n) is 5.93. The van der Waals surface area contributed by atoms with E-state index in [1.165, 1.54) is 12.1 Å². The van der Waals surface area contributed by atoms with Crippen molar-refractivity contribution in [2.24, 2.45) is 0 Å². The van der Waals surface area contributed by atoms with Crippen molar-refractivity contribution in [1.29, 1.82) is 0 Å². The van der Waals surface area contributed by atoms with E-state index in [9.17, 15) is 18.0 Å². The molecule has 1 aromatic heterocycles. The average molecular weight is 463 g/mol. The number of carbonyl (C=O) groups is 1. The molecule has 0 aliphatic carbocycles. The van der Waals surface area contributed by atoms with Crippen molar-refractivity contribution in [3.8, 4) is 17.0 Å². The Morgan fingerprint density at radius 2 is 1.82 bits per heavy atom. The SMILES string of the molecule is O=CC1c2ccc(OCc3c[nH]nc3-c3ccc(C(F)(F)F)cc3)cc2CN1c1ccccc1. The number of nitrogens with one attached hydrogen (secondary N) is 1. The molecule has 1 atom stereocenters. The molecule has 1 aliphatic heterocycles. The molecular formula is C26H20F3N3O2. The van der Waals surface area contributed by atoms with E-state index in [0.717, 1.165) is 40.8 Å². The van der Waals surface area contributed by atoms with Crippen molar-refractivity contribution in [3.05, 3.63) is 101 Å². The maximum absolute atomic E-state index is 12.8. The number of ether oxygens (including phenoxy) is 1. The van der Waals surface area contributed by atoms with Crippen LogP contribution in [0.25, 0.3) is 11.3 Å². The maximum atomic E-state index is 12.8. The first-order valence-electron chi connectivity index (χ1n) is 10.7. The fourth-order valence-electron chi connectivity index (χ4n) is 4.22. The van der Waals surface area contributed by atoms with Gasteiger partial charge in [0, 0.05) is 29.6 Å². The van der Waals surface area contributed by atoms with Gasteiger partial charge in [-0.1, -0.05) is 36.4 Å². The minimum atomic E-state index is -4.39. The van der Waals surface area contributed by atoms with Crippen molar-refractivity contribution in [1.82, 2.24) is 10.2 Å². The van der Waals surface area contributed by atoms with Gasteiger partial charge < -0.3 is 14.4 Å². The first-order valence-corrected chi connectivity index (χ1v) is 10.7. The van der Waals surface area contributed by atoms with Crippen molar-refractivity contribution < 1.29 is 22.7 Å². The van der Waals surface area contributed by atoms with E-state index >= 15 is 0 Å². The van der Waals surface area contributed by atoms with Crippen LogP contribution in [0.1, 0.15) is 28.3 Å². The molecule has 34 heavy (non-hydrogen) atoms. The Hall–Kier alpha value is -4.07. The third kappa shape index (κ3) is 4.14. The lowest BCUT2D eigenvalue weighted by Gasteiger charge is -2.22. The quantitative estimate of drug-likeness (QED) is 0.360. The molecule has 3 aromatic carbocycles. The second-order valence-electron chi connectivity index (χ2n) is 8.03. The lowest BCUT2D eigenvalue weighted by molar-refractivity contribution is -0.137. The van der Waals surface area contributed by atoms with E-state index in [1.54, 1.807) is 6.20 Å². The summed E-state index contributed by atoms with van der Waals surface area (Å²) in [5.74, 6) is 0.637. The number of carbonyl (C=O) groups excluding carboxylic acids is 1. The van der Waals surface area contributed by atoms with Gasteiger partial charge in [0.1, 0.15) is 24.7 Å². The van der Waals surface area contributed by atoms with E-state index in [1.807, 2.05) is 53.4 Å². The summed E-state index contributed by atoms with van der Waals surface area (Å²) in [6, 6.07) is 19.9. The van der Waals surface area contributed by atoms with E-state index in [0.29, 0.717) is 23.6 Å². The highest BCUT2D eigenvalue weighted by Gasteiger charge is 2.31. The van der Waals surface area contributed by atoms with Crippen LogP contribution < -0.4 is 9.64 Å². The molecule has 4 aromatic rings. The number of H-pyrrole nitrogens is 1. The first-order chi connectivity index (χ1) is 16.4. The summed E-state index contributed by atoms with van der Waals surface area (Å²) < 4.78 is 44.5. The highest BCUT2D eigenvalue weighted by atomic mass is 19.4. The number of hydrogen-bond acceptors (Lipinski definition) is 4. The van der Waals surface area contributed by atoms with Crippen LogP contribution in [0, 0.1) is 0 Å². The van der Waals surface area contributed by atoms with Gasteiger partial charge in [-0.2, -0.15) is 18.3 Å². The summed E-state index contributed by atoms with van der Waals surface area (Å²) in [6.07, 6.45) is -1.77. The van der Waals surface area contributed by atoms with Crippen molar-refractivity contribution in [3.63, 3.8) is 0 Å². The Morgan fingerprint density at radius 3 is 2.53 bits per heavy atom. The van der Waals surface area contributed by atoms with Crippen LogP contribution in [0.4, 0.5) is 18.9 Å². The summed E-state index contributed by atoms with van der Waals surface area (Å²) in [7, 11) is 0. The monoisotopic (exact) mass is 463 g/mol. The summed E-state index contributed by atoms with van der Waals surface area (Å²) >= 11 is 0. The lowest BCUT2D eigenvalue weighted by atomic mass is 10.1. The number of para-hydroxylation sites is 1. The Bertz CT molecular complexity index is 1300. The van der Waals surface area contributed by atoms with Crippen LogP contribution in [0.2, 0.25) is 0 Å². The number of aromatic amines is 1. The van der Waals surface area contributed by atoms with Crippen LogP contribution in [0.5, 0.6) is 5.75 Å². The predicted molar refractivity (Wildman–Crippen MR) is 121 cm³/mol. The van der Waals surface area contributed by atoms with Crippen molar-refractivity contribution in [2.45, 2.75) is 25.4 Å². The number of nitrogens with zero attached hydrogens (tertiary/aromatic N) is 2. The molecule has 0 bridgehead atoms. The summed E-state index contributed by atoms with van der Waals surface area (Å²) in [6.45, 7) is 0.771. The minimum Gasteiger partial charge on any atom is -0.489 e. The Kier molecular flexibility index (Phi) is 5.57. The Labute approximate surface area is 193 Å². The average Bonchev–Trinajstić information content (AvgIpc) is 3.47. The van der Waals surface area contributed by atoms with E-state index in [2.05, 4.69) is 10.2 Å². The minimum absolute atomic E-state index is 0.186. The largest absolute Gasteiger partial charge is 0.489 e. The zero-order chi connectivity index (χ0) is 23.7. The van der Waals surface area contributed by atoms with E-state index in [-0.39, 0.29) is 12.6 Å². The zero-order valence-corrected chi connectivity index (χ0v) is 17.9. The molecule has 1 unspecified atom stereocenters. The maximum Gasteiger partial charge on any atom is 0.416 e. The van der Waals surface area contributed by atoms with Gasteiger partial charge in [0.25, 0.3) is 0 Å². The second kappa shape index (κ2) is 8.70. The number of rotatable bonds is 6. The number of alkyl halides is 3. The number of hydrogen-bond donors (Lipinski definition) is 1. The number of halogens is 3. The molecule has 0 fully saturated rings. The smallest absolute Gasteiger partial charge is 0.416 e. The number of fused-ring (bicyclic) bond motifs is 1. The highest BCUT2D eigenvalue weighted by molar-refractivity contribution is 5.73. The molecule has 172 valence electrons. The molecule has 1 aliphatic rings. The van der Waals surface area contributed by atoms with Gasteiger partial charge in [0.2, 0.25) is 0 Å². The summed E-state index contributed by atoms with van der Waals surface area (Å²) in [4.78, 5) is 13.9. The molecule has 0 radical (unpaired) electrons. The fourth-order valence-corrected chi connectivity index (χ4v) is 4.22. The van der Waals surface area contributed by atoms with Crippen LogP contribution >= 0.6 is 0 Å². The van der Waals surface area contributed by atoms with E-state index in [4.69, 9.17) is 4.74 Å². The number of aldehydes is 1. The normalized spacial score (nSPS) is 15.3. The first kappa shape index (κ1) is 21.8. The van der Waals surface area contributed by atoms with Crippen LogP contribution in [0.3, 0.4) is 0 Å². The summed E-state index contributed by atoms with van der Waals surface area (Å²) in [5.41, 5.74) is 4.03. The second-order valence-corrected chi connectivity index (χ2v) is 8.03. The molecular weight excluding hydrogens is 443 g/mol. The molecule has 5 rings (SSSR count). The van der Waals surface area contributed by atoms with Crippen LogP contribution in [-0.4, -0.2) is 16.5 Å². The Morgan fingerprint density at radius 1 is 1.06 bits per heavy atom. The van der Waals surface area contributed by atoms with Gasteiger partial charge >= 0.3 is 6.18 Å². The molecule has 2 heterocycles. The van der Waals surface area contributed by atoms with Gasteiger partial charge in [0.15, 0.2) is 0 Å². The third-order valence-corrected chi connectivity index (χ3v) is 5.93. The van der Waals surface area contributed by atoms with E-state index < -0.39 is 11.7 Å². The zero-order valence-electron chi connectivity index (χ0n) is 17.9. The van der Waals surface area contributed by atoms with Gasteiger partial charge in [-0.15, -0.1) is 0 Å². The lowest BCUT2D eigenvalue weighted by Crippen LogP contribution is -2.22. The molecule has 8 heteroatoms. The Balaban J connectivity index is 1.32. The predicted octanol–water partition coefficient (Wildman–Crippen LogP) is 5.93. The molecule has 0 amide bonds. The number of benzene rings is 3. The fraction of sp³-hybridized carbons (Fsp3) is 0.154. The van der Waals surface area contributed by atoms with Gasteiger partial charge in [-0.3, -0.25) is 5.10 Å².